The second-order valence-corrected chi connectivity index (χ2v) is 7.95. The number of fused-ring (bicyclic) bond motifs is 1. The van der Waals surface area contributed by atoms with Gasteiger partial charge in [0, 0.05) is 17.5 Å². The van der Waals surface area contributed by atoms with Crippen molar-refractivity contribution in [3.8, 4) is 11.1 Å². The second-order valence-electron chi connectivity index (χ2n) is 7.95. The van der Waals surface area contributed by atoms with Crippen LogP contribution in [0.5, 0.6) is 0 Å². The molecule has 7 nitrogen and oxygen atoms in total. The van der Waals surface area contributed by atoms with Crippen LogP contribution in [0.1, 0.15) is 47.0 Å². The summed E-state index contributed by atoms with van der Waals surface area (Å²) in [4.78, 5) is 38.8. The number of amides is 2. The largest absolute Gasteiger partial charge is 0.290 e. The van der Waals surface area contributed by atoms with Crippen molar-refractivity contribution in [2.75, 3.05) is 0 Å². The Morgan fingerprint density at radius 3 is 2.21 bits per heavy atom. The molecule has 34 heavy (non-hydrogen) atoms. The molecule has 3 aromatic carbocycles. The number of nitrogens with zero attached hydrogens (tertiary/aromatic N) is 2. The molecule has 7 heteroatoms. The van der Waals surface area contributed by atoms with Crippen molar-refractivity contribution >= 4 is 22.6 Å². The zero-order chi connectivity index (χ0) is 23.9. The molecule has 0 spiro atoms. The summed E-state index contributed by atoms with van der Waals surface area (Å²) in [6.07, 6.45) is 2.75. The number of unbranched alkanes of at least 4 members (excludes halogenated alkanes) is 2. The molecular formula is C27H26N4O3. The molecule has 1 aromatic heterocycles. The van der Waals surface area contributed by atoms with Crippen LogP contribution >= 0.6 is 0 Å². The van der Waals surface area contributed by atoms with Gasteiger partial charge in [-0.2, -0.15) is 5.10 Å². The summed E-state index contributed by atoms with van der Waals surface area (Å²) in [7, 11) is 0. The lowest BCUT2D eigenvalue weighted by Crippen LogP contribution is -2.43. The first kappa shape index (κ1) is 22.9. The summed E-state index contributed by atoms with van der Waals surface area (Å²) in [5, 5.41) is 5.19. The van der Waals surface area contributed by atoms with E-state index in [1.54, 1.807) is 36.4 Å². The minimum Gasteiger partial charge on any atom is -0.267 e. The molecule has 1 heterocycles. The van der Waals surface area contributed by atoms with E-state index in [0.717, 1.165) is 30.4 Å². The highest BCUT2D eigenvalue weighted by Crippen LogP contribution is 2.23. The molecule has 172 valence electrons. The quantitative estimate of drug-likeness (QED) is 0.321. The van der Waals surface area contributed by atoms with Crippen LogP contribution in [0.4, 0.5) is 0 Å². The summed E-state index contributed by atoms with van der Waals surface area (Å²) in [5.74, 6) is -1.04. The van der Waals surface area contributed by atoms with Gasteiger partial charge in [0.25, 0.3) is 17.4 Å². The Morgan fingerprint density at radius 1 is 0.794 bits per heavy atom. The van der Waals surface area contributed by atoms with Crippen LogP contribution in [0, 0.1) is 0 Å². The van der Waals surface area contributed by atoms with E-state index in [1.165, 1.54) is 4.68 Å². The topological polar surface area (TPSA) is 93.1 Å². The SMILES string of the molecule is CCCCCn1nc(C(=O)NNC(=O)c2ccccc2-c2ccccc2)c2ccccc2c1=O. The maximum atomic E-state index is 13.0. The standard InChI is InChI=1S/C27H26N4O3/c1-2-3-11-18-31-27(34)23-17-10-8-15-21(23)24(30-31)26(33)29-28-25(32)22-16-9-7-14-20(22)19-12-5-4-6-13-19/h4-10,12-17H,2-3,11,18H2,1H3,(H,28,32)(H,29,33). The van der Waals surface area contributed by atoms with E-state index < -0.39 is 11.8 Å². The highest BCUT2D eigenvalue weighted by molar-refractivity contribution is 6.07. The van der Waals surface area contributed by atoms with E-state index in [0.29, 0.717) is 22.9 Å². The monoisotopic (exact) mass is 454 g/mol. The van der Waals surface area contributed by atoms with Crippen molar-refractivity contribution < 1.29 is 9.59 Å². The van der Waals surface area contributed by atoms with Gasteiger partial charge in [-0.05, 0) is 29.7 Å². The van der Waals surface area contributed by atoms with E-state index in [2.05, 4.69) is 22.9 Å². The van der Waals surface area contributed by atoms with Gasteiger partial charge in [-0.3, -0.25) is 25.2 Å². The van der Waals surface area contributed by atoms with Gasteiger partial charge in [0.2, 0.25) is 0 Å². The second kappa shape index (κ2) is 10.6. The average molecular weight is 455 g/mol. The summed E-state index contributed by atoms with van der Waals surface area (Å²) in [5.41, 5.74) is 6.89. The van der Waals surface area contributed by atoms with E-state index in [1.807, 2.05) is 42.5 Å². The van der Waals surface area contributed by atoms with Gasteiger partial charge in [0.1, 0.15) is 0 Å². The summed E-state index contributed by atoms with van der Waals surface area (Å²) < 4.78 is 1.33. The van der Waals surface area contributed by atoms with Crippen molar-refractivity contribution in [1.29, 1.82) is 0 Å². The normalized spacial score (nSPS) is 10.7. The lowest BCUT2D eigenvalue weighted by atomic mass is 9.99. The fourth-order valence-corrected chi connectivity index (χ4v) is 3.86. The molecule has 0 aliphatic rings. The van der Waals surface area contributed by atoms with Crippen LogP contribution in [0.25, 0.3) is 21.9 Å². The molecule has 0 fully saturated rings. The highest BCUT2D eigenvalue weighted by Gasteiger charge is 2.18. The van der Waals surface area contributed by atoms with Crippen molar-refractivity contribution in [3.63, 3.8) is 0 Å². The molecular weight excluding hydrogens is 428 g/mol. The first-order chi connectivity index (χ1) is 16.6. The Balaban J connectivity index is 1.58. The number of rotatable bonds is 7. The molecule has 0 atom stereocenters. The average Bonchev–Trinajstić information content (AvgIpc) is 2.89. The number of nitrogens with one attached hydrogen (secondary N) is 2. The number of aromatic nitrogens is 2. The molecule has 4 rings (SSSR count). The molecule has 0 bridgehead atoms. The fraction of sp³-hybridized carbons (Fsp3) is 0.185. The van der Waals surface area contributed by atoms with Crippen molar-refractivity contribution in [2.24, 2.45) is 0 Å². The minimum atomic E-state index is -0.592. The Bertz CT molecular complexity index is 1380. The van der Waals surface area contributed by atoms with Crippen LogP contribution in [-0.4, -0.2) is 21.6 Å². The van der Waals surface area contributed by atoms with Gasteiger partial charge >= 0.3 is 0 Å². The van der Waals surface area contributed by atoms with Crippen LogP contribution in [-0.2, 0) is 6.54 Å². The summed E-state index contributed by atoms with van der Waals surface area (Å²) in [6.45, 7) is 2.50. The molecule has 0 unspecified atom stereocenters. The molecule has 0 aliphatic carbocycles. The van der Waals surface area contributed by atoms with Gasteiger partial charge < -0.3 is 0 Å². The highest BCUT2D eigenvalue weighted by atomic mass is 16.2. The number of carbonyl (C=O) groups is 2. The van der Waals surface area contributed by atoms with Crippen LogP contribution < -0.4 is 16.4 Å². The van der Waals surface area contributed by atoms with Gasteiger partial charge in [-0.15, -0.1) is 0 Å². The van der Waals surface area contributed by atoms with Crippen molar-refractivity contribution in [1.82, 2.24) is 20.6 Å². The van der Waals surface area contributed by atoms with Crippen molar-refractivity contribution in [2.45, 2.75) is 32.7 Å². The lowest BCUT2D eigenvalue weighted by molar-refractivity contribution is 0.0844. The Hall–Kier alpha value is -4.26. The van der Waals surface area contributed by atoms with E-state index >= 15 is 0 Å². The molecule has 2 amide bonds. The van der Waals surface area contributed by atoms with Gasteiger partial charge in [-0.25, -0.2) is 4.68 Å². The zero-order valence-electron chi connectivity index (χ0n) is 19.0. The maximum absolute atomic E-state index is 13.0. The third-order valence-corrected chi connectivity index (χ3v) is 5.60. The Kier molecular flexibility index (Phi) is 7.13. The lowest BCUT2D eigenvalue weighted by Gasteiger charge is -2.13. The summed E-state index contributed by atoms with van der Waals surface area (Å²) in [6, 6.07) is 23.6. The van der Waals surface area contributed by atoms with Crippen LogP contribution in [0.2, 0.25) is 0 Å². The number of hydrogen-bond donors (Lipinski definition) is 2. The molecule has 0 saturated heterocycles. The Morgan fingerprint density at radius 2 is 1.44 bits per heavy atom. The molecule has 2 N–H and O–H groups in total. The predicted molar refractivity (Wildman–Crippen MR) is 132 cm³/mol. The van der Waals surface area contributed by atoms with E-state index in [4.69, 9.17) is 0 Å². The van der Waals surface area contributed by atoms with Gasteiger partial charge in [-0.1, -0.05) is 86.5 Å². The third kappa shape index (κ3) is 4.88. The molecule has 0 aliphatic heterocycles. The first-order valence-electron chi connectivity index (χ1n) is 11.3. The van der Waals surface area contributed by atoms with Gasteiger partial charge in [0.15, 0.2) is 5.69 Å². The molecule has 0 radical (unpaired) electrons. The maximum Gasteiger partial charge on any atom is 0.290 e. The Labute approximate surface area is 197 Å². The number of benzene rings is 3. The van der Waals surface area contributed by atoms with Crippen LogP contribution in [0.3, 0.4) is 0 Å². The third-order valence-electron chi connectivity index (χ3n) is 5.60. The van der Waals surface area contributed by atoms with Crippen LogP contribution in [0.15, 0.2) is 83.7 Å². The molecule has 0 saturated carbocycles. The molecule has 4 aromatic rings. The summed E-state index contributed by atoms with van der Waals surface area (Å²) >= 11 is 0. The number of carbonyl (C=O) groups excluding carboxylic acids is 2. The number of aryl methyl sites for hydroxylation is 1. The van der Waals surface area contributed by atoms with Gasteiger partial charge in [0.05, 0.1) is 5.39 Å². The predicted octanol–water partition coefficient (Wildman–Crippen LogP) is 4.33. The smallest absolute Gasteiger partial charge is 0.267 e. The number of hydrogen-bond acceptors (Lipinski definition) is 4. The minimum absolute atomic E-state index is 0.0864. The van der Waals surface area contributed by atoms with E-state index in [9.17, 15) is 14.4 Å². The van der Waals surface area contributed by atoms with E-state index in [-0.39, 0.29) is 11.3 Å². The zero-order valence-corrected chi connectivity index (χ0v) is 19.0. The number of hydrazine groups is 1. The fourth-order valence-electron chi connectivity index (χ4n) is 3.86. The first-order valence-corrected chi connectivity index (χ1v) is 11.3. The van der Waals surface area contributed by atoms with Crippen molar-refractivity contribution in [3.05, 3.63) is 100 Å².